The fourth-order valence-corrected chi connectivity index (χ4v) is 12.7. The van der Waals surface area contributed by atoms with Gasteiger partial charge in [-0.25, -0.2) is 0 Å². The largest absolute Gasteiger partial charge is 0.465 e. The molecule has 2 aromatic carbocycles. The Labute approximate surface area is 299 Å². The molecule has 0 aliphatic carbocycles. The van der Waals surface area contributed by atoms with Gasteiger partial charge in [0.25, 0.3) is 8.32 Å². The van der Waals surface area contributed by atoms with Crippen molar-refractivity contribution < 1.29 is 33.0 Å². The number of ether oxygens (including phenoxy) is 3. The molecule has 1 saturated heterocycles. The molecular formula is C40H66O7Si2. The molecule has 2 aromatic rings. The number of esters is 1. The van der Waals surface area contributed by atoms with Crippen LogP contribution in [0.15, 0.2) is 60.7 Å². The van der Waals surface area contributed by atoms with Crippen LogP contribution < -0.4 is 10.4 Å². The number of hydrogen-bond acceptors (Lipinski definition) is 7. The summed E-state index contributed by atoms with van der Waals surface area (Å²) in [5.74, 6) is -0.0504. The zero-order valence-electron chi connectivity index (χ0n) is 32.7. The molecule has 0 bridgehead atoms. The van der Waals surface area contributed by atoms with Crippen LogP contribution in [0.2, 0.25) is 23.2 Å². The van der Waals surface area contributed by atoms with Gasteiger partial charge in [-0.15, -0.1) is 0 Å². The summed E-state index contributed by atoms with van der Waals surface area (Å²) >= 11 is 0. The molecule has 6 atom stereocenters. The van der Waals surface area contributed by atoms with Crippen LogP contribution in [0, 0.1) is 17.3 Å². The summed E-state index contributed by atoms with van der Waals surface area (Å²) < 4.78 is 31.9. The maximum Gasteiger partial charge on any atom is 0.311 e. The molecule has 276 valence electrons. The molecule has 0 spiro atoms. The van der Waals surface area contributed by atoms with E-state index in [-0.39, 0.29) is 34.5 Å². The van der Waals surface area contributed by atoms with Crippen molar-refractivity contribution >= 4 is 33.0 Å². The first-order chi connectivity index (χ1) is 22.6. The van der Waals surface area contributed by atoms with E-state index in [4.69, 9.17) is 23.1 Å². The minimum Gasteiger partial charge on any atom is -0.465 e. The lowest BCUT2D eigenvalue weighted by atomic mass is 9.86. The molecule has 0 saturated carbocycles. The summed E-state index contributed by atoms with van der Waals surface area (Å²) in [6.45, 7) is 26.3. The Morgan fingerprint density at radius 3 is 1.88 bits per heavy atom. The van der Waals surface area contributed by atoms with E-state index < -0.39 is 46.7 Å². The molecule has 1 N–H and O–H groups in total. The molecule has 1 heterocycles. The third-order valence-corrected chi connectivity index (χ3v) is 20.0. The van der Waals surface area contributed by atoms with Crippen molar-refractivity contribution in [3.63, 3.8) is 0 Å². The molecule has 0 amide bonds. The molecule has 0 aromatic heterocycles. The monoisotopic (exact) mass is 714 g/mol. The van der Waals surface area contributed by atoms with Crippen molar-refractivity contribution in [3.05, 3.63) is 60.7 Å². The van der Waals surface area contributed by atoms with Crippen molar-refractivity contribution in [3.8, 4) is 0 Å². The Kier molecular flexibility index (Phi) is 14.1. The average molecular weight is 715 g/mol. The van der Waals surface area contributed by atoms with E-state index in [0.717, 1.165) is 6.42 Å². The highest BCUT2D eigenvalue weighted by Gasteiger charge is 2.51. The van der Waals surface area contributed by atoms with E-state index in [2.05, 4.69) is 122 Å². The minimum atomic E-state index is -2.69. The number of carbonyl (C=O) groups excluding carboxylic acids is 1. The topological polar surface area (TPSA) is 83.5 Å². The molecule has 7 nitrogen and oxygen atoms in total. The van der Waals surface area contributed by atoms with Gasteiger partial charge in [-0.3, -0.25) is 4.79 Å². The highest BCUT2D eigenvalue weighted by Crippen LogP contribution is 2.41. The van der Waals surface area contributed by atoms with E-state index >= 15 is 0 Å². The van der Waals surface area contributed by atoms with Crippen LogP contribution in [0.3, 0.4) is 0 Å². The van der Waals surface area contributed by atoms with Gasteiger partial charge in [-0.2, -0.15) is 0 Å². The predicted molar refractivity (Wildman–Crippen MR) is 204 cm³/mol. The van der Waals surface area contributed by atoms with Crippen molar-refractivity contribution in [2.75, 3.05) is 20.3 Å². The van der Waals surface area contributed by atoms with E-state index in [1.807, 2.05) is 20.8 Å². The van der Waals surface area contributed by atoms with Crippen LogP contribution in [0.4, 0.5) is 0 Å². The summed E-state index contributed by atoms with van der Waals surface area (Å²) in [5, 5.41) is 14.4. The maximum absolute atomic E-state index is 12.6. The molecular weight excluding hydrogens is 649 g/mol. The maximum atomic E-state index is 12.6. The Morgan fingerprint density at radius 1 is 0.898 bits per heavy atom. The Bertz CT molecular complexity index is 1260. The van der Waals surface area contributed by atoms with Gasteiger partial charge in [-0.1, -0.05) is 109 Å². The van der Waals surface area contributed by atoms with Gasteiger partial charge < -0.3 is 28.2 Å². The van der Waals surface area contributed by atoms with E-state index in [0.29, 0.717) is 19.4 Å². The second-order valence-electron chi connectivity index (χ2n) is 17.7. The summed E-state index contributed by atoms with van der Waals surface area (Å²) in [4.78, 5) is 12.6. The van der Waals surface area contributed by atoms with Gasteiger partial charge >= 0.3 is 5.97 Å². The molecule has 0 radical (unpaired) electrons. The Hall–Kier alpha value is -1.86. The van der Waals surface area contributed by atoms with Crippen molar-refractivity contribution in [2.24, 2.45) is 17.3 Å². The van der Waals surface area contributed by atoms with Crippen LogP contribution in [-0.4, -0.2) is 72.6 Å². The lowest BCUT2D eigenvalue weighted by molar-refractivity contribution is -0.162. The van der Waals surface area contributed by atoms with Crippen LogP contribution in [0.25, 0.3) is 0 Å². The zero-order chi connectivity index (χ0) is 36.8. The number of hydrogen-bond donors (Lipinski definition) is 1. The summed E-state index contributed by atoms with van der Waals surface area (Å²) in [6, 6.07) is 21.4. The first-order valence-electron chi connectivity index (χ1n) is 18.1. The van der Waals surface area contributed by atoms with Gasteiger partial charge in [0.15, 0.2) is 14.6 Å². The lowest BCUT2D eigenvalue weighted by Gasteiger charge is -2.44. The van der Waals surface area contributed by atoms with Crippen LogP contribution >= 0.6 is 0 Å². The average Bonchev–Trinajstić information content (AvgIpc) is 3.42. The van der Waals surface area contributed by atoms with E-state index in [1.54, 1.807) is 7.11 Å². The Balaban J connectivity index is 1.86. The van der Waals surface area contributed by atoms with Crippen molar-refractivity contribution in [1.82, 2.24) is 0 Å². The van der Waals surface area contributed by atoms with Crippen molar-refractivity contribution in [1.29, 1.82) is 0 Å². The molecule has 1 fully saturated rings. The first-order valence-corrected chi connectivity index (χ1v) is 22.9. The number of aliphatic hydroxyl groups is 1. The van der Waals surface area contributed by atoms with Gasteiger partial charge in [0.05, 0.1) is 24.2 Å². The summed E-state index contributed by atoms with van der Waals surface area (Å²) in [5.41, 5.74) is -0.605. The SMILES string of the molecule is COC1C[C@@H](C[C@@H](C)CO[Si](c2ccccc2)(c2ccccc2)C(C)(C)C)[C@@H]([C@@H](O)[C@@H](CCOC(=O)C(C)(C)C)O[Si](C)(C)C(C)(C)C)O1. The molecule has 1 aliphatic rings. The number of aliphatic hydroxyl groups excluding tert-OH is 1. The summed E-state index contributed by atoms with van der Waals surface area (Å²) in [6.07, 6.45) is -0.529. The second-order valence-corrected chi connectivity index (χ2v) is 26.7. The van der Waals surface area contributed by atoms with Crippen molar-refractivity contribution in [2.45, 2.75) is 136 Å². The van der Waals surface area contributed by atoms with Gasteiger partial charge in [-0.05, 0) is 72.6 Å². The normalized spacial score (nSPS) is 21.3. The zero-order valence-corrected chi connectivity index (χ0v) is 34.7. The molecule has 9 heteroatoms. The fraction of sp³-hybridized carbons (Fsp3) is 0.675. The number of benzene rings is 2. The minimum absolute atomic E-state index is 0.0281. The number of methoxy groups -OCH3 is 1. The third-order valence-electron chi connectivity index (χ3n) is 10.5. The molecule has 1 aliphatic heterocycles. The lowest BCUT2D eigenvalue weighted by Crippen LogP contribution is -2.66. The quantitative estimate of drug-likeness (QED) is 0.150. The number of rotatable bonds is 15. The molecule has 3 rings (SSSR count). The standard InChI is InChI=1S/C40H66O7Si2/c1-29(28-45-49(40(8,9)10,31-20-16-14-17-21-31)32-22-18-15-19-23-32)26-30-27-34(43-11)46-36(30)35(41)33(47-48(12,13)39(5,6)7)24-25-44-37(42)38(2,3)4/h14-23,29-30,33-36,41H,24-28H2,1-13H3/t29-,30-,33-,34?,35+,36+/m1/s1. The second kappa shape index (κ2) is 16.7. The third kappa shape index (κ3) is 10.4. The van der Waals surface area contributed by atoms with Crippen LogP contribution in [0.1, 0.15) is 88.5 Å². The van der Waals surface area contributed by atoms with Gasteiger partial charge in [0.2, 0.25) is 0 Å². The van der Waals surface area contributed by atoms with E-state index in [9.17, 15) is 9.90 Å². The predicted octanol–water partition coefficient (Wildman–Crippen LogP) is 7.70. The van der Waals surface area contributed by atoms with Gasteiger partial charge in [0, 0.05) is 26.6 Å². The Morgan fingerprint density at radius 2 is 1.43 bits per heavy atom. The highest BCUT2D eigenvalue weighted by atomic mass is 28.4. The highest BCUT2D eigenvalue weighted by molar-refractivity contribution is 6.99. The first kappa shape index (κ1) is 41.6. The fourth-order valence-electron chi connectivity index (χ4n) is 6.63. The number of carbonyl (C=O) groups is 1. The smallest absolute Gasteiger partial charge is 0.311 e. The molecule has 49 heavy (non-hydrogen) atoms. The van der Waals surface area contributed by atoms with E-state index in [1.165, 1.54) is 10.4 Å². The molecule has 1 unspecified atom stereocenters. The van der Waals surface area contributed by atoms with Crippen LogP contribution in [0.5, 0.6) is 0 Å². The van der Waals surface area contributed by atoms with Gasteiger partial charge in [0.1, 0.15) is 6.10 Å². The summed E-state index contributed by atoms with van der Waals surface area (Å²) in [7, 11) is -3.33. The van der Waals surface area contributed by atoms with Crippen LogP contribution in [-0.2, 0) is 27.9 Å².